The zero-order valence-corrected chi connectivity index (χ0v) is 22.7. The van der Waals surface area contributed by atoms with Crippen molar-refractivity contribution in [3.05, 3.63) is 112 Å². The molecule has 0 saturated carbocycles. The number of oxime groups is 1. The van der Waals surface area contributed by atoms with Gasteiger partial charge in [0.2, 0.25) is 0 Å². The van der Waals surface area contributed by atoms with E-state index in [9.17, 15) is 10.0 Å². The number of carbonyl (C=O) groups excluding carboxylic acids is 1. The summed E-state index contributed by atoms with van der Waals surface area (Å²) in [5.41, 5.74) is 9.86. The fourth-order valence-electron chi connectivity index (χ4n) is 4.00. The molecule has 3 aromatic heterocycles. The van der Waals surface area contributed by atoms with E-state index in [1.807, 2.05) is 60.7 Å². The molecular formula is C28H22Cl2N6O2S. The van der Waals surface area contributed by atoms with Gasteiger partial charge in [0.05, 0.1) is 42.9 Å². The van der Waals surface area contributed by atoms with Gasteiger partial charge in [-0.05, 0) is 60.5 Å². The number of hydrogen-bond donors (Lipinski definition) is 3. The van der Waals surface area contributed by atoms with Crippen LogP contribution < -0.4 is 11.1 Å². The molecule has 0 aliphatic heterocycles. The molecule has 0 aliphatic carbocycles. The normalized spacial score (nSPS) is 12.3. The Hall–Kier alpha value is -4.18. The number of benzene rings is 2. The summed E-state index contributed by atoms with van der Waals surface area (Å²) >= 11 is 13.7. The monoisotopic (exact) mass is 576 g/mol. The molecule has 5 rings (SSSR count). The Kier molecular flexibility index (Phi) is 7.92. The van der Waals surface area contributed by atoms with Gasteiger partial charge in [-0.1, -0.05) is 58.7 Å². The molecule has 1 amide bonds. The summed E-state index contributed by atoms with van der Waals surface area (Å²) < 4.78 is 1.76. The maximum atomic E-state index is 13.2. The highest BCUT2D eigenvalue weighted by atomic mass is 35.5. The van der Waals surface area contributed by atoms with Crippen LogP contribution >= 0.6 is 34.5 Å². The molecule has 1 atom stereocenters. The Morgan fingerprint density at radius 3 is 2.59 bits per heavy atom. The first-order valence-corrected chi connectivity index (χ1v) is 13.4. The van der Waals surface area contributed by atoms with Crippen LogP contribution in [0.4, 0.5) is 0 Å². The average molecular weight is 577 g/mol. The number of rotatable bonds is 8. The zero-order valence-electron chi connectivity index (χ0n) is 20.3. The summed E-state index contributed by atoms with van der Waals surface area (Å²) in [6.45, 7) is 0. The van der Waals surface area contributed by atoms with Crippen molar-refractivity contribution in [3.8, 4) is 27.5 Å². The van der Waals surface area contributed by atoms with Crippen molar-refractivity contribution in [2.75, 3.05) is 0 Å². The number of amidine groups is 1. The number of nitrogens with one attached hydrogen (secondary N) is 1. The second-order valence-electron chi connectivity index (χ2n) is 8.57. The third-order valence-electron chi connectivity index (χ3n) is 5.96. The number of halogens is 2. The maximum absolute atomic E-state index is 13.2. The van der Waals surface area contributed by atoms with Crippen molar-refractivity contribution in [1.29, 1.82) is 0 Å². The van der Waals surface area contributed by atoms with E-state index in [0.29, 0.717) is 32.7 Å². The minimum absolute atomic E-state index is 0.0808. The SMILES string of the molecule is N/C(=N\O)[C@H](Cc1ccccc1)NC(=O)c1ccc(-c2cc(-c3cccnc3)nn2-c2ccc(Cl)c(Cl)c2)s1. The summed E-state index contributed by atoms with van der Waals surface area (Å²) in [5.74, 6) is -0.422. The van der Waals surface area contributed by atoms with Crippen LogP contribution in [0.2, 0.25) is 10.0 Å². The summed E-state index contributed by atoms with van der Waals surface area (Å²) in [6.07, 6.45) is 3.81. The van der Waals surface area contributed by atoms with Gasteiger partial charge in [-0.3, -0.25) is 9.78 Å². The highest BCUT2D eigenvalue weighted by Gasteiger charge is 2.22. The zero-order chi connectivity index (χ0) is 27.4. The van der Waals surface area contributed by atoms with Crippen LogP contribution in [0.1, 0.15) is 15.2 Å². The smallest absolute Gasteiger partial charge is 0.261 e. The number of hydrogen-bond acceptors (Lipinski definition) is 6. The van der Waals surface area contributed by atoms with E-state index in [0.717, 1.165) is 21.7 Å². The van der Waals surface area contributed by atoms with Crippen LogP contribution in [-0.4, -0.2) is 37.8 Å². The second kappa shape index (κ2) is 11.7. The molecular weight excluding hydrogens is 555 g/mol. The van der Waals surface area contributed by atoms with Gasteiger partial charge in [-0.25, -0.2) is 4.68 Å². The lowest BCUT2D eigenvalue weighted by Crippen LogP contribution is -2.45. The van der Waals surface area contributed by atoms with Crippen LogP contribution in [-0.2, 0) is 6.42 Å². The molecule has 5 aromatic rings. The Labute approximate surface area is 238 Å². The highest BCUT2D eigenvalue weighted by Crippen LogP contribution is 2.34. The fraction of sp³-hybridized carbons (Fsp3) is 0.0714. The lowest BCUT2D eigenvalue weighted by atomic mass is 10.1. The lowest BCUT2D eigenvalue weighted by Gasteiger charge is -2.17. The topological polar surface area (TPSA) is 118 Å². The number of nitrogens with two attached hydrogens (primary N) is 1. The van der Waals surface area contributed by atoms with Crippen LogP contribution in [0.5, 0.6) is 0 Å². The average Bonchev–Trinajstić information content (AvgIpc) is 3.63. The molecule has 0 aliphatic rings. The highest BCUT2D eigenvalue weighted by molar-refractivity contribution is 7.17. The van der Waals surface area contributed by atoms with Crippen LogP contribution in [0.25, 0.3) is 27.5 Å². The third kappa shape index (κ3) is 5.96. The predicted octanol–water partition coefficient (Wildman–Crippen LogP) is 6.06. The van der Waals surface area contributed by atoms with Crippen molar-refractivity contribution < 1.29 is 10.0 Å². The molecule has 11 heteroatoms. The molecule has 0 saturated heterocycles. The van der Waals surface area contributed by atoms with Gasteiger partial charge in [0, 0.05) is 18.0 Å². The van der Waals surface area contributed by atoms with Gasteiger partial charge in [-0.15, -0.1) is 11.3 Å². The quantitative estimate of drug-likeness (QED) is 0.0897. The summed E-state index contributed by atoms with van der Waals surface area (Å²) in [7, 11) is 0. The fourth-order valence-corrected chi connectivity index (χ4v) is 5.20. The van der Waals surface area contributed by atoms with Gasteiger partial charge < -0.3 is 16.3 Å². The number of aromatic nitrogens is 3. The first-order valence-electron chi connectivity index (χ1n) is 11.8. The standard InChI is InChI=1S/C28H22Cl2N6O2S/c29-20-9-8-19(14-21(20)30)36-24(15-22(34-36)18-7-4-12-32-16-18)25-10-11-26(39-25)28(37)33-23(27(31)35-38)13-17-5-2-1-3-6-17/h1-12,14-16,23,38H,13H2,(H2,31,35)(H,33,37)/t23-/m0/s1. The first kappa shape index (κ1) is 26.4. The minimum atomic E-state index is -0.686. The molecule has 0 fully saturated rings. The van der Waals surface area contributed by atoms with Crippen molar-refractivity contribution in [1.82, 2.24) is 20.1 Å². The van der Waals surface area contributed by atoms with E-state index >= 15 is 0 Å². The number of carbonyl (C=O) groups is 1. The van der Waals surface area contributed by atoms with Crippen LogP contribution in [0.15, 0.2) is 96.4 Å². The Morgan fingerprint density at radius 2 is 1.87 bits per heavy atom. The minimum Gasteiger partial charge on any atom is -0.409 e. The van der Waals surface area contributed by atoms with Gasteiger partial charge in [0.1, 0.15) is 0 Å². The maximum Gasteiger partial charge on any atom is 0.261 e. The van der Waals surface area contributed by atoms with Crippen molar-refractivity contribution in [2.24, 2.45) is 10.9 Å². The molecule has 0 spiro atoms. The third-order valence-corrected chi connectivity index (χ3v) is 7.80. The Balaban J connectivity index is 1.47. The predicted molar refractivity (Wildman–Crippen MR) is 155 cm³/mol. The van der Waals surface area contributed by atoms with Crippen molar-refractivity contribution in [3.63, 3.8) is 0 Å². The summed E-state index contributed by atoms with van der Waals surface area (Å²) in [6, 6.07) is 23.4. The van der Waals surface area contributed by atoms with Crippen molar-refractivity contribution in [2.45, 2.75) is 12.5 Å². The number of thiophene rings is 1. The Morgan fingerprint density at radius 1 is 1.05 bits per heavy atom. The van der Waals surface area contributed by atoms with Gasteiger partial charge >= 0.3 is 0 Å². The van der Waals surface area contributed by atoms with Gasteiger partial charge in [0.25, 0.3) is 5.91 Å². The molecule has 0 bridgehead atoms. The molecule has 0 unspecified atom stereocenters. The largest absolute Gasteiger partial charge is 0.409 e. The number of amides is 1. The molecule has 2 aromatic carbocycles. The van der Waals surface area contributed by atoms with E-state index in [2.05, 4.69) is 15.5 Å². The van der Waals surface area contributed by atoms with Crippen molar-refractivity contribution >= 4 is 46.3 Å². The van der Waals surface area contributed by atoms with Gasteiger partial charge in [-0.2, -0.15) is 5.10 Å². The van der Waals surface area contributed by atoms with E-state index in [1.165, 1.54) is 11.3 Å². The van der Waals surface area contributed by atoms with E-state index in [-0.39, 0.29) is 11.7 Å². The second-order valence-corrected chi connectivity index (χ2v) is 10.5. The summed E-state index contributed by atoms with van der Waals surface area (Å²) in [5, 5.41) is 20.9. The van der Waals surface area contributed by atoms with E-state index in [4.69, 9.17) is 34.0 Å². The lowest BCUT2D eigenvalue weighted by molar-refractivity contribution is 0.0950. The molecule has 39 heavy (non-hydrogen) atoms. The first-order chi connectivity index (χ1) is 18.9. The molecule has 196 valence electrons. The van der Waals surface area contributed by atoms with E-state index < -0.39 is 6.04 Å². The summed E-state index contributed by atoms with van der Waals surface area (Å²) in [4.78, 5) is 18.7. The van der Waals surface area contributed by atoms with Crippen LogP contribution in [0.3, 0.4) is 0 Å². The number of nitrogens with zero attached hydrogens (tertiary/aromatic N) is 4. The van der Waals surface area contributed by atoms with Gasteiger partial charge in [0.15, 0.2) is 5.84 Å². The van der Waals surface area contributed by atoms with Crippen LogP contribution in [0, 0.1) is 0 Å². The Bertz CT molecular complexity index is 1640. The molecule has 0 radical (unpaired) electrons. The molecule has 4 N–H and O–H groups in total. The molecule has 3 heterocycles. The molecule has 8 nitrogen and oxygen atoms in total. The number of pyridine rings is 1. The van der Waals surface area contributed by atoms with E-state index in [1.54, 1.807) is 35.3 Å².